The molecule has 1 aliphatic rings. The van der Waals surface area contributed by atoms with Crippen molar-refractivity contribution in [3.63, 3.8) is 0 Å². The van der Waals surface area contributed by atoms with Crippen LogP contribution in [0.2, 0.25) is 0 Å². The number of nitrogens with zero attached hydrogens (tertiary/aromatic N) is 1. The first-order chi connectivity index (χ1) is 8.11. The third kappa shape index (κ3) is 2.34. The second-order valence-corrected chi connectivity index (χ2v) is 4.81. The van der Waals surface area contributed by atoms with E-state index in [-0.39, 0.29) is 5.91 Å². The monoisotopic (exact) mass is 232 g/mol. The minimum Gasteiger partial charge on any atom is -0.337 e. The van der Waals surface area contributed by atoms with Crippen LogP contribution in [0.1, 0.15) is 27.9 Å². The van der Waals surface area contributed by atoms with Gasteiger partial charge in [-0.2, -0.15) is 0 Å². The quantitative estimate of drug-likeness (QED) is 0.842. The number of hydrogen-bond acceptors (Lipinski definition) is 2. The number of likely N-dealkylation sites (N-methyl/N-ethyl adjacent to an activating group) is 1. The molecular weight excluding hydrogens is 212 g/mol. The summed E-state index contributed by atoms with van der Waals surface area (Å²) in [7, 11) is 1.90. The van der Waals surface area contributed by atoms with Gasteiger partial charge in [0.25, 0.3) is 5.91 Å². The standard InChI is InChI=1S/C14H20N2O/c1-10-5-4-6-13(11(10)2)14(17)16(3)12-7-8-15-9-12/h4-6,12,15H,7-9H2,1-3H3. The Hall–Kier alpha value is -1.35. The highest BCUT2D eigenvalue weighted by molar-refractivity contribution is 5.96. The Morgan fingerprint density at radius 3 is 2.82 bits per heavy atom. The fourth-order valence-electron chi connectivity index (χ4n) is 2.31. The molecule has 1 N–H and O–H groups in total. The van der Waals surface area contributed by atoms with E-state index in [9.17, 15) is 4.79 Å². The van der Waals surface area contributed by atoms with Crippen LogP contribution in [-0.4, -0.2) is 37.0 Å². The zero-order valence-electron chi connectivity index (χ0n) is 10.8. The molecule has 1 amide bonds. The number of amides is 1. The number of aryl methyl sites for hydroxylation is 1. The molecule has 0 spiro atoms. The maximum absolute atomic E-state index is 12.4. The van der Waals surface area contributed by atoms with Crippen LogP contribution in [0.3, 0.4) is 0 Å². The molecule has 1 fully saturated rings. The van der Waals surface area contributed by atoms with Crippen LogP contribution in [-0.2, 0) is 0 Å². The Balaban J connectivity index is 2.21. The second kappa shape index (κ2) is 4.88. The first-order valence-electron chi connectivity index (χ1n) is 6.15. The van der Waals surface area contributed by atoms with Crippen LogP contribution in [0.4, 0.5) is 0 Å². The van der Waals surface area contributed by atoms with E-state index in [1.54, 1.807) is 0 Å². The van der Waals surface area contributed by atoms with Crippen molar-refractivity contribution in [1.82, 2.24) is 10.2 Å². The van der Waals surface area contributed by atoms with E-state index < -0.39 is 0 Å². The van der Waals surface area contributed by atoms with Crippen molar-refractivity contribution in [1.29, 1.82) is 0 Å². The molecule has 2 rings (SSSR count). The topological polar surface area (TPSA) is 32.3 Å². The molecule has 1 aliphatic heterocycles. The summed E-state index contributed by atoms with van der Waals surface area (Å²) in [4.78, 5) is 14.3. The van der Waals surface area contributed by atoms with Gasteiger partial charge in [0.15, 0.2) is 0 Å². The summed E-state index contributed by atoms with van der Waals surface area (Å²) in [5.41, 5.74) is 3.10. The predicted octanol–water partition coefficient (Wildman–Crippen LogP) is 1.74. The maximum Gasteiger partial charge on any atom is 0.254 e. The summed E-state index contributed by atoms with van der Waals surface area (Å²) in [6, 6.07) is 6.26. The molecule has 1 aromatic rings. The van der Waals surface area contributed by atoms with Gasteiger partial charge < -0.3 is 10.2 Å². The summed E-state index contributed by atoms with van der Waals surface area (Å²) >= 11 is 0. The van der Waals surface area contributed by atoms with E-state index in [2.05, 4.69) is 5.32 Å². The van der Waals surface area contributed by atoms with E-state index in [0.717, 1.165) is 30.6 Å². The van der Waals surface area contributed by atoms with Crippen molar-refractivity contribution < 1.29 is 4.79 Å². The Bertz CT molecular complexity index is 422. The van der Waals surface area contributed by atoms with Crippen LogP contribution >= 0.6 is 0 Å². The summed E-state index contributed by atoms with van der Waals surface area (Å²) in [5, 5.41) is 3.29. The lowest BCUT2D eigenvalue weighted by molar-refractivity contribution is 0.0743. The molecule has 0 radical (unpaired) electrons. The van der Waals surface area contributed by atoms with Crippen molar-refractivity contribution in [2.45, 2.75) is 26.3 Å². The van der Waals surface area contributed by atoms with Gasteiger partial charge in [0, 0.05) is 25.2 Å². The molecule has 1 atom stereocenters. The molecular formula is C14H20N2O. The maximum atomic E-state index is 12.4. The Kier molecular flexibility index (Phi) is 3.48. The molecule has 17 heavy (non-hydrogen) atoms. The van der Waals surface area contributed by atoms with Crippen LogP contribution in [0.25, 0.3) is 0 Å². The number of hydrogen-bond donors (Lipinski definition) is 1. The minimum atomic E-state index is 0.139. The lowest BCUT2D eigenvalue weighted by Gasteiger charge is -2.24. The Morgan fingerprint density at radius 1 is 1.41 bits per heavy atom. The van der Waals surface area contributed by atoms with Crippen LogP contribution in [0, 0.1) is 13.8 Å². The Morgan fingerprint density at radius 2 is 2.18 bits per heavy atom. The molecule has 0 bridgehead atoms. The van der Waals surface area contributed by atoms with Gasteiger partial charge in [0.1, 0.15) is 0 Å². The Labute approximate surface area is 103 Å². The summed E-state index contributed by atoms with van der Waals surface area (Å²) < 4.78 is 0. The number of rotatable bonds is 2. The van der Waals surface area contributed by atoms with Crippen LogP contribution < -0.4 is 5.32 Å². The molecule has 0 aromatic heterocycles. The first kappa shape index (κ1) is 12.1. The smallest absolute Gasteiger partial charge is 0.254 e. The molecule has 3 nitrogen and oxygen atoms in total. The fraction of sp³-hybridized carbons (Fsp3) is 0.500. The van der Waals surface area contributed by atoms with E-state index >= 15 is 0 Å². The third-order valence-corrected chi connectivity index (χ3v) is 3.74. The molecule has 1 heterocycles. The van der Waals surface area contributed by atoms with Crippen LogP contribution in [0.5, 0.6) is 0 Å². The van der Waals surface area contributed by atoms with Crippen molar-refractivity contribution in [3.05, 3.63) is 34.9 Å². The minimum absolute atomic E-state index is 0.139. The summed E-state index contributed by atoms with van der Waals surface area (Å²) in [6.45, 7) is 5.98. The molecule has 92 valence electrons. The molecule has 1 aromatic carbocycles. The molecule has 3 heteroatoms. The molecule has 0 aliphatic carbocycles. The van der Waals surface area contributed by atoms with E-state index in [0.29, 0.717) is 6.04 Å². The number of benzene rings is 1. The van der Waals surface area contributed by atoms with E-state index in [4.69, 9.17) is 0 Å². The zero-order chi connectivity index (χ0) is 12.4. The normalized spacial score (nSPS) is 19.4. The fourth-order valence-corrected chi connectivity index (χ4v) is 2.31. The van der Waals surface area contributed by atoms with Gasteiger partial charge in [-0.25, -0.2) is 0 Å². The number of carbonyl (C=O) groups is 1. The first-order valence-corrected chi connectivity index (χ1v) is 6.15. The average molecular weight is 232 g/mol. The van der Waals surface area contributed by atoms with Crippen molar-refractivity contribution in [2.24, 2.45) is 0 Å². The highest BCUT2D eigenvalue weighted by atomic mass is 16.2. The average Bonchev–Trinajstić information content (AvgIpc) is 2.84. The van der Waals surface area contributed by atoms with Crippen LogP contribution in [0.15, 0.2) is 18.2 Å². The highest BCUT2D eigenvalue weighted by Crippen LogP contribution is 2.17. The van der Waals surface area contributed by atoms with Gasteiger partial charge in [-0.05, 0) is 44.0 Å². The number of carbonyl (C=O) groups excluding carboxylic acids is 1. The predicted molar refractivity (Wildman–Crippen MR) is 69.3 cm³/mol. The van der Waals surface area contributed by atoms with Gasteiger partial charge in [0.05, 0.1) is 0 Å². The highest BCUT2D eigenvalue weighted by Gasteiger charge is 2.24. The number of nitrogens with one attached hydrogen (secondary N) is 1. The van der Waals surface area contributed by atoms with E-state index in [1.807, 2.05) is 44.0 Å². The summed E-state index contributed by atoms with van der Waals surface area (Å²) in [6.07, 6.45) is 1.05. The lowest BCUT2D eigenvalue weighted by atomic mass is 10.0. The molecule has 0 saturated carbocycles. The third-order valence-electron chi connectivity index (χ3n) is 3.74. The second-order valence-electron chi connectivity index (χ2n) is 4.81. The van der Waals surface area contributed by atoms with Gasteiger partial charge in [-0.3, -0.25) is 4.79 Å². The van der Waals surface area contributed by atoms with Crippen molar-refractivity contribution in [3.8, 4) is 0 Å². The molecule has 1 unspecified atom stereocenters. The SMILES string of the molecule is Cc1cccc(C(=O)N(C)C2CCNC2)c1C. The van der Waals surface area contributed by atoms with Crippen molar-refractivity contribution >= 4 is 5.91 Å². The summed E-state index contributed by atoms with van der Waals surface area (Å²) in [5.74, 6) is 0.139. The van der Waals surface area contributed by atoms with Crippen molar-refractivity contribution in [2.75, 3.05) is 20.1 Å². The van der Waals surface area contributed by atoms with Gasteiger partial charge >= 0.3 is 0 Å². The van der Waals surface area contributed by atoms with Gasteiger partial charge in [-0.15, -0.1) is 0 Å². The van der Waals surface area contributed by atoms with Gasteiger partial charge in [-0.1, -0.05) is 12.1 Å². The largest absolute Gasteiger partial charge is 0.337 e. The molecule has 1 saturated heterocycles. The van der Waals surface area contributed by atoms with Gasteiger partial charge in [0.2, 0.25) is 0 Å². The lowest BCUT2D eigenvalue weighted by Crippen LogP contribution is -2.38. The zero-order valence-corrected chi connectivity index (χ0v) is 10.8. The van der Waals surface area contributed by atoms with E-state index in [1.165, 1.54) is 5.56 Å².